The summed E-state index contributed by atoms with van der Waals surface area (Å²) >= 11 is 0. The zero-order valence-electron chi connectivity index (χ0n) is 24.5. The molecule has 0 spiro atoms. The monoisotopic (exact) mass is 547 g/mol. The van der Waals surface area contributed by atoms with Gasteiger partial charge in [-0.3, -0.25) is 9.80 Å². The molecule has 3 aromatic rings. The Morgan fingerprint density at radius 3 is 2.20 bits per heavy atom. The highest BCUT2D eigenvalue weighted by Gasteiger charge is 2.29. The highest BCUT2D eigenvalue weighted by molar-refractivity contribution is 5.85. The maximum Gasteiger partial charge on any atom is 0.169 e. The molecule has 0 N–H and O–H groups in total. The largest absolute Gasteiger partial charge is 0.354 e. The van der Waals surface area contributed by atoms with Gasteiger partial charge in [0.25, 0.3) is 0 Å². The number of fused-ring (bicyclic) bond motifs is 1. The number of allylic oxidation sites excluding steroid dienone is 1. The molecule has 0 aliphatic carbocycles. The van der Waals surface area contributed by atoms with E-state index in [-0.39, 0.29) is 5.57 Å². The molecule has 0 aromatic heterocycles. The Kier molecular flexibility index (Phi) is 9.54. The van der Waals surface area contributed by atoms with E-state index < -0.39 is 0 Å². The Hall–Kier alpha value is -3.88. The summed E-state index contributed by atoms with van der Waals surface area (Å²) in [6.07, 6.45) is 0. The molecule has 3 aromatic carbocycles. The average molecular weight is 548 g/mol. The van der Waals surface area contributed by atoms with Gasteiger partial charge in [0, 0.05) is 72.0 Å². The summed E-state index contributed by atoms with van der Waals surface area (Å²) in [6, 6.07) is 28.2. The van der Waals surface area contributed by atoms with Gasteiger partial charge in [-0.15, -0.1) is 0 Å². The standard InChI is InChI=1S/C34H41N7/c1-3-38(25-28-11-13-29(14-12-28)26-39-17-15-37(2)16-18-39)19-20-40-21-22-41(34(40)32(23-35)24-36)27-31-9-6-8-30-7-4-5-10-33(30)31/h4-14H,3,15-22,25-27H2,1-2H3. The van der Waals surface area contributed by atoms with Crippen molar-refractivity contribution in [3.8, 4) is 12.1 Å². The number of rotatable bonds is 10. The molecule has 2 aliphatic rings. The summed E-state index contributed by atoms with van der Waals surface area (Å²) in [5.74, 6) is 0.771. The molecule has 7 nitrogen and oxygen atoms in total. The van der Waals surface area contributed by atoms with Crippen molar-refractivity contribution < 1.29 is 0 Å². The number of benzene rings is 3. The van der Waals surface area contributed by atoms with E-state index in [1.807, 2.05) is 0 Å². The van der Waals surface area contributed by atoms with Gasteiger partial charge >= 0.3 is 0 Å². The summed E-state index contributed by atoms with van der Waals surface area (Å²) in [6.45, 7) is 13.5. The molecule has 0 atom stereocenters. The van der Waals surface area contributed by atoms with E-state index in [1.165, 1.54) is 27.5 Å². The Morgan fingerprint density at radius 2 is 1.46 bits per heavy atom. The maximum atomic E-state index is 9.82. The minimum Gasteiger partial charge on any atom is -0.354 e. The summed E-state index contributed by atoms with van der Waals surface area (Å²) in [5, 5.41) is 22.1. The minimum absolute atomic E-state index is 0.196. The van der Waals surface area contributed by atoms with Crippen LogP contribution in [0.25, 0.3) is 10.8 Å². The maximum absolute atomic E-state index is 9.82. The van der Waals surface area contributed by atoms with Crippen LogP contribution >= 0.6 is 0 Å². The van der Waals surface area contributed by atoms with Crippen LogP contribution in [-0.2, 0) is 19.6 Å². The molecular weight excluding hydrogens is 506 g/mol. The van der Waals surface area contributed by atoms with Crippen LogP contribution in [0.1, 0.15) is 23.6 Å². The van der Waals surface area contributed by atoms with Gasteiger partial charge in [0.2, 0.25) is 0 Å². The fourth-order valence-electron chi connectivity index (χ4n) is 5.99. The van der Waals surface area contributed by atoms with E-state index in [4.69, 9.17) is 0 Å². The molecule has 2 aliphatic heterocycles. The minimum atomic E-state index is 0.196. The van der Waals surface area contributed by atoms with Gasteiger partial charge in [-0.25, -0.2) is 0 Å². The third kappa shape index (κ3) is 7.07. The first-order valence-corrected chi connectivity index (χ1v) is 14.8. The Morgan fingerprint density at radius 1 is 0.780 bits per heavy atom. The summed E-state index contributed by atoms with van der Waals surface area (Å²) in [5.41, 5.74) is 4.10. The fraction of sp³-hybridized carbons (Fsp3) is 0.412. The van der Waals surface area contributed by atoms with Crippen molar-refractivity contribution >= 4 is 10.8 Å². The van der Waals surface area contributed by atoms with E-state index in [1.54, 1.807) is 0 Å². The first kappa shape index (κ1) is 28.6. The van der Waals surface area contributed by atoms with Crippen molar-refractivity contribution in [2.75, 3.05) is 66.0 Å². The number of hydrogen-bond acceptors (Lipinski definition) is 7. The molecule has 2 heterocycles. The van der Waals surface area contributed by atoms with Crippen molar-refractivity contribution in [3.63, 3.8) is 0 Å². The van der Waals surface area contributed by atoms with Gasteiger partial charge in [0.1, 0.15) is 18.0 Å². The fourth-order valence-corrected chi connectivity index (χ4v) is 5.99. The number of nitrogens with zero attached hydrogens (tertiary/aromatic N) is 7. The molecule has 0 amide bonds. The molecule has 5 rings (SSSR count). The van der Waals surface area contributed by atoms with Crippen LogP contribution in [0.5, 0.6) is 0 Å². The lowest BCUT2D eigenvalue weighted by Crippen LogP contribution is -2.43. The van der Waals surface area contributed by atoms with Gasteiger partial charge in [0.15, 0.2) is 5.57 Å². The lowest BCUT2D eigenvalue weighted by Gasteiger charge is -2.32. The zero-order valence-corrected chi connectivity index (χ0v) is 24.5. The quantitative estimate of drug-likeness (QED) is 0.347. The van der Waals surface area contributed by atoms with Gasteiger partial charge in [-0.2, -0.15) is 10.5 Å². The SMILES string of the molecule is CCN(CCN1CCN(Cc2cccc3ccccc23)C1=C(C#N)C#N)Cc1ccc(CN2CCN(C)CC2)cc1. The second-order valence-corrected chi connectivity index (χ2v) is 11.2. The Balaban J connectivity index is 1.21. The molecule has 41 heavy (non-hydrogen) atoms. The van der Waals surface area contributed by atoms with Crippen LogP contribution < -0.4 is 0 Å². The lowest BCUT2D eigenvalue weighted by molar-refractivity contribution is 0.148. The van der Waals surface area contributed by atoms with E-state index in [0.29, 0.717) is 6.54 Å². The van der Waals surface area contributed by atoms with Crippen molar-refractivity contribution in [2.24, 2.45) is 0 Å². The first-order valence-electron chi connectivity index (χ1n) is 14.8. The van der Waals surface area contributed by atoms with Crippen molar-refractivity contribution in [1.29, 1.82) is 10.5 Å². The third-order valence-electron chi connectivity index (χ3n) is 8.49. The Bertz CT molecular complexity index is 1400. The van der Waals surface area contributed by atoms with Crippen LogP contribution in [0.15, 0.2) is 78.1 Å². The zero-order chi connectivity index (χ0) is 28.6. The average Bonchev–Trinajstić information content (AvgIpc) is 3.40. The second-order valence-electron chi connectivity index (χ2n) is 11.2. The van der Waals surface area contributed by atoms with Crippen LogP contribution in [-0.4, -0.2) is 90.5 Å². The molecular formula is C34H41N7. The highest BCUT2D eigenvalue weighted by Crippen LogP contribution is 2.27. The summed E-state index contributed by atoms with van der Waals surface area (Å²) < 4.78 is 0. The molecule has 212 valence electrons. The predicted octanol–water partition coefficient (Wildman–Crippen LogP) is 4.49. The number of piperazine rings is 1. The van der Waals surface area contributed by atoms with E-state index in [9.17, 15) is 10.5 Å². The van der Waals surface area contributed by atoms with Crippen molar-refractivity contribution in [3.05, 3.63) is 94.8 Å². The van der Waals surface area contributed by atoms with E-state index in [2.05, 4.69) is 117 Å². The summed E-state index contributed by atoms with van der Waals surface area (Å²) in [7, 11) is 2.20. The molecule has 2 saturated heterocycles. The van der Waals surface area contributed by atoms with Gasteiger partial charge in [0.05, 0.1) is 0 Å². The number of likely N-dealkylation sites (N-methyl/N-ethyl adjacent to an activating group) is 2. The smallest absolute Gasteiger partial charge is 0.169 e. The molecule has 7 heteroatoms. The predicted molar refractivity (Wildman–Crippen MR) is 164 cm³/mol. The molecule has 2 fully saturated rings. The molecule has 0 saturated carbocycles. The van der Waals surface area contributed by atoms with Gasteiger partial charge in [-0.05, 0) is 41.1 Å². The summed E-state index contributed by atoms with van der Waals surface area (Å²) in [4.78, 5) is 11.8. The van der Waals surface area contributed by atoms with Crippen LogP contribution in [0, 0.1) is 22.7 Å². The third-order valence-corrected chi connectivity index (χ3v) is 8.49. The van der Waals surface area contributed by atoms with Crippen molar-refractivity contribution in [2.45, 2.75) is 26.6 Å². The normalized spacial score (nSPS) is 16.4. The van der Waals surface area contributed by atoms with E-state index >= 15 is 0 Å². The second kappa shape index (κ2) is 13.7. The van der Waals surface area contributed by atoms with Crippen molar-refractivity contribution in [1.82, 2.24) is 24.5 Å². The molecule has 0 unspecified atom stereocenters. The topological polar surface area (TPSA) is 63.8 Å². The first-order chi connectivity index (χ1) is 20.1. The van der Waals surface area contributed by atoms with E-state index in [0.717, 1.165) is 77.8 Å². The highest BCUT2D eigenvalue weighted by atomic mass is 15.4. The van der Waals surface area contributed by atoms with Crippen LogP contribution in [0.3, 0.4) is 0 Å². The van der Waals surface area contributed by atoms with Crippen LogP contribution in [0.2, 0.25) is 0 Å². The molecule has 0 radical (unpaired) electrons. The Labute approximate surface area is 245 Å². The molecule has 0 bridgehead atoms. The number of nitriles is 2. The van der Waals surface area contributed by atoms with Crippen LogP contribution in [0.4, 0.5) is 0 Å². The van der Waals surface area contributed by atoms with Gasteiger partial charge in [-0.1, -0.05) is 73.7 Å². The number of hydrogen-bond donors (Lipinski definition) is 0. The lowest BCUT2D eigenvalue weighted by atomic mass is 10.0. The van der Waals surface area contributed by atoms with Gasteiger partial charge < -0.3 is 14.7 Å².